The standard InChI is InChI=1S/C23H32N2O4/c1-6-9-16-23(15-7-2,21(27)29-8-3)20(26)25-19(17(4)24(5)22(25)28)18-13-11-10-12-14-18/h7,10-14,17,19H,2,6,8-9,15-16H2,1,3-5H3/t17-,19-,23-/m1/s1. The van der Waals surface area contributed by atoms with Crippen LogP contribution in [0.3, 0.4) is 0 Å². The van der Waals surface area contributed by atoms with Crippen LogP contribution in [0.25, 0.3) is 0 Å². The number of carbonyl (C=O) groups is 3. The number of amides is 3. The maximum atomic E-state index is 13.9. The van der Waals surface area contributed by atoms with Crippen molar-refractivity contribution in [2.45, 2.75) is 58.5 Å². The molecular formula is C23H32N2O4. The van der Waals surface area contributed by atoms with Gasteiger partial charge in [0.1, 0.15) is 0 Å². The van der Waals surface area contributed by atoms with E-state index in [1.165, 1.54) is 4.90 Å². The largest absolute Gasteiger partial charge is 0.465 e. The molecule has 6 heteroatoms. The lowest BCUT2D eigenvalue weighted by Crippen LogP contribution is -2.51. The molecule has 3 amide bonds. The molecule has 1 saturated heterocycles. The first-order valence-electron chi connectivity index (χ1n) is 10.3. The molecular weight excluding hydrogens is 368 g/mol. The lowest BCUT2D eigenvalue weighted by atomic mass is 9.77. The van der Waals surface area contributed by atoms with Crippen molar-refractivity contribution < 1.29 is 19.1 Å². The predicted molar refractivity (Wildman–Crippen MR) is 112 cm³/mol. The van der Waals surface area contributed by atoms with Crippen LogP contribution in [0.4, 0.5) is 4.79 Å². The van der Waals surface area contributed by atoms with Gasteiger partial charge >= 0.3 is 12.0 Å². The number of nitrogens with zero attached hydrogens (tertiary/aromatic N) is 2. The monoisotopic (exact) mass is 400 g/mol. The second-order valence-corrected chi connectivity index (χ2v) is 7.56. The Balaban J connectivity index is 2.57. The van der Waals surface area contributed by atoms with Crippen molar-refractivity contribution in [1.82, 2.24) is 9.80 Å². The SMILES string of the molecule is C=CC[C@](CCCC)(C(=O)OCC)C(=O)N1C(=O)N(C)[C@H](C)[C@@H]1c1ccccc1. The minimum Gasteiger partial charge on any atom is -0.465 e. The second kappa shape index (κ2) is 9.72. The van der Waals surface area contributed by atoms with E-state index in [1.807, 2.05) is 44.2 Å². The quantitative estimate of drug-likeness (QED) is 0.352. The Hall–Kier alpha value is -2.63. The van der Waals surface area contributed by atoms with Gasteiger partial charge in [0.15, 0.2) is 5.41 Å². The molecule has 0 aromatic heterocycles. The number of hydrogen-bond acceptors (Lipinski definition) is 4. The summed E-state index contributed by atoms with van der Waals surface area (Å²) in [6, 6.07) is 8.37. The van der Waals surface area contributed by atoms with Gasteiger partial charge in [-0.1, -0.05) is 56.2 Å². The smallest absolute Gasteiger partial charge is 0.327 e. The van der Waals surface area contributed by atoms with Crippen LogP contribution < -0.4 is 0 Å². The number of rotatable bonds is 9. The molecule has 0 bridgehead atoms. The summed E-state index contributed by atoms with van der Waals surface area (Å²) in [4.78, 5) is 42.8. The first kappa shape index (κ1) is 22.7. The fourth-order valence-electron chi connectivity index (χ4n) is 3.98. The Labute approximate surface area is 173 Å². The van der Waals surface area contributed by atoms with Crippen LogP contribution in [-0.2, 0) is 14.3 Å². The number of urea groups is 1. The van der Waals surface area contributed by atoms with E-state index >= 15 is 0 Å². The van der Waals surface area contributed by atoms with Crippen molar-refractivity contribution in [3.05, 3.63) is 48.6 Å². The highest BCUT2D eigenvalue weighted by Crippen LogP contribution is 2.41. The Kier molecular flexibility index (Phi) is 7.59. The number of unbranched alkanes of at least 4 members (excludes halogenated alkanes) is 1. The number of hydrogen-bond donors (Lipinski definition) is 0. The Morgan fingerprint density at radius 2 is 1.90 bits per heavy atom. The Morgan fingerprint density at radius 1 is 1.24 bits per heavy atom. The van der Waals surface area contributed by atoms with E-state index in [1.54, 1.807) is 24.9 Å². The summed E-state index contributed by atoms with van der Waals surface area (Å²) >= 11 is 0. The molecule has 1 aliphatic heterocycles. The van der Waals surface area contributed by atoms with E-state index in [2.05, 4.69) is 6.58 Å². The van der Waals surface area contributed by atoms with Gasteiger partial charge < -0.3 is 9.64 Å². The van der Waals surface area contributed by atoms with E-state index < -0.39 is 29.4 Å². The molecule has 0 spiro atoms. The van der Waals surface area contributed by atoms with Gasteiger partial charge in [-0.2, -0.15) is 0 Å². The summed E-state index contributed by atoms with van der Waals surface area (Å²) < 4.78 is 5.31. The van der Waals surface area contributed by atoms with Crippen LogP contribution in [0.1, 0.15) is 58.1 Å². The van der Waals surface area contributed by atoms with Crippen LogP contribution in [-0.4, -0.2) is 47.4 Å². The molecule has 1 aliphatic rings. The fourth-order valence-corrected chi connectivity index (χ4v) is 3.98. The summed E-state index contributed by atoms with van der Waals surface area (Å²) in [6.07, 6.45) is 3.50. The van der Waals surface area contributed by atoms with Gasteiger partial charge in [0, 0.05) is 7.05 Å². The molecule has 2 rings (SSSR count). The van der Waals surface area contributed by atoms with E-state index in [0.29, 0.717) is 12.8 Å². The van der Waals surface area contributed by atoms with Gasteiger partial charge in [-0.25, -0.2) is 4.79 Å². The van der Waals surface area contributed by atoms with Crippen molar-refractivity contribution in [3.8, 4) is 0 Å². The lowest BCUT2D eigenvalue weighted by molar-refractivity contribution is -0.165. The average molecular weight is 401 g/mol. The Bertz CT molecular complexity index is 749. The number of carbonyl (C=O) groups excluding carboxylic acids is 3. The van der Waals surface area contributed by atoms with Crippen molar-refractivity contribution in [2.75, 3.05) is 13.7 Å². The zero-order valence-electron chi connectivity index (χ0n) is 17.9. The molecule has 29 heavy (non-hydrogen) atoms. The van der Waals surface area contributed by atoms with Gasteiger partial charge in [0.25, 0.3) is 0 Å². The fraction of sp³-hybridized carbons (Fsp3) is 0.522. The average Bonchev–Trinajstić information content (AvgIpc) is 2.95. The zero-order chi connectivity index (χ0) is 21.6. The highest BCUT2D eigenvalue weighted by molar-refractivity contribution is 6.09. The molecule has 0 saturated carbocycles. The highest BCUT2D eigenvalue weighted by Gasteiger charge is 2.55. The lowest BCUT2D eigenvalue weighted by Gasteiger charge is -2.34. The van der Waals surface area contributed by atoms with Crippen LogP contribution >= 0.6 is 0 Å². The summed E-state index contributed by atoms with van der Waals surface area (Å²) in [5.74, 6) is -1.08. The summed E-state index contributed by atoms with van der Waals surface area (Å²) in [6.45, 7) is 9.55. The molecule has 1 fully saturated rings. The van der Waals surface area contributed by atoms with Gasteiger partial charge in [-0.3, -0.25) is 14.5 Å². The number of imide groups is 1. The summed E-state index contributed by atoms with van der Waals surface area (Å²) in [5, 5.41) is 0. The third-order valence-electron chi connectivity index (χ3n) is 5.74. The molecule has 0 N–H and O–H groups in total. The van der Waals surface area contributed by atoms with E-state index in [0.717, 1.165) is 12.0 Å². The summed E-state index contributed by atoms with van der Waals surface area (Å²) in [7, 11) is 1.68. The van der Waals surface area contributed by atoms with E-state index in [9.17, 15) is 14.4 Å². The van der Waals surface area contributed by atoms with Crippen molar-refractivity contribution in [3.63, 3.8) is 0 Å². The van der Waals surface area contributed by atoms with E-state index in [-0.39, 0.29) is 19.1 Å². The normalized spacial score (nSPS) is 21.0. The molecule has 1 heterocycles. The Morgan fingerprint density at radius 3 is 2.45 bits per heavy atom. The molecule has 1 aromatic rings. The molecule has 1 aromatic carbocycles. The molecule has 0 aliphatic carbocycles. The topological polar surface area (TPSA) is 66.9 Å². The maximum Gasteiger partial charge on any atom is 0.327 e. The number of ether oxygens (including phenoxy) is 1. The first-order valence-corrected chi connectivity index (χ1v) is 10.3. The van der Waals surface area contributed by atoms with Crippen molar-refractivity contribution in [1.29, 1.82) is 0 Å². The zero-order valence-corrected chi connectivity index (χ0v) is 17.9. The van der Waals surface area contributed by atoms with Gasteiger partial charge in [0.2, 0.25) is 5.91 Å². The third-order valence-corrected chi connectivity index (χ3v) is 5.74. The van der Waals surface area contributed by atoms with Crippen molar-refractivity contribution >= 4 is 17.9 Å². The highest BCUT2D eigenvalue weighted by atomic mass is 16.5. The molecule has 0 radical (unpaired) electrons. The van der Waals surface area contributed by atoms with Gasteiger partial charge in [-0.05, 0) is 32.3 Å². The number of esters is 1. The molecule has 3 atom stereocenters. The number of benzene rings is 1. The van der Waals surface area contributed by atoms with E-state index in [4.69, 9.17) is 4.74 Å². The predicted octanol–water partition coefficient (Wildman–Crippen LogP) is 4.33. The molecule has 158 valence electrons. The summed E-state index contributed by atoms with van der Waals surface area (Å²) in [5.41, 5.74) is -0.584. The third kappa shape index (κ3) is 4.21. The molecule has 6 nitrogen and oxygen atoms in total. The minimum absolute atomic E-state index is 0.133. The van der Waals surface area contributed by atoms with Crippen molar-refractivity contribution in [2.24, 2.45) is 5.41 Å². The van der Waals surface area contributed by atoms with Gasteiger partial charge in [-0.15, -0.1) is 6.58 Å². The number of likely N-dealkylation sites (N-methyl/N-ethyl adjacent to an activating group) is 1. The maximum absolute atomic E-state index is 13.9. The van der Waals surface area contributed by atoms with Crippen LogP contribution in [0, 0.1) is 5.41 Å². The minimum atomic E-state index is -1.44. The van der Waals surface area contributed by atoms with Crippen LogP contribution in [0.2, 0.25) is 0 Å². The molecule has 0 unspecified atom stereocenters. The van der Waals surface area contributed by atoms with Crippen LogP contribution in [0.5, 0.6) is 0 Å². The van der Waals surface area contributed by atoms with Crippen LogP contribution in [0.15, 0.2) is 43.0 Å². The number of allylic oxidation sites excluding steroid dienone is 1. The first-order chi connectivity index (χ1) is 13.9. The second-order valence-electron chi connectivity index (χ2n) is 7.56. The van der Waals surface area contributed by atoms with Gasteiger partial charge in [0.05, 0.1) is 18.7 Å².